The molecule has 3 nitrogen and oxygen atoms in total. The van der Waals surface area contributed by atoms with E-state index in [2.05, 4.69) is 0 Å². The molecular weight excluding hydrogens is 394 g/mol. The van der Waals surface area contributed by atoms with Crippen LogP contribution in [0.2, 0.25) is 0 Å². The largest absolute Gasteiger partial charge is 0.462 e. The average molecular weight is 401 g/mol. The van der Waals surface area contributed by atoms with Crippen LogP contribution in [-0.4, -0.2) is 18.1 Å². The quantitative estimate of drug-likeness (QED) is 0.437. The third kappa shape index (κ3) is 4.28. The van der Waals surface area contributed by atoms with Crippen molar-refractivity contribution in [1.82, 2.24) is 0 Å². The number of rotatable bonds is 3. The summed E-state index contributed by atoms with van der Waals surface area (Å²) in [4.78, 5) is 11.5. The molecular formula is C11H7F3INO2S. The van der Waals surface area contributed by atoms with Crippen molar-refractivity contribution in [2.45, 2.75) is 17.3 Å². The number of nitrogens with zero attached hydrogens (tertiary/aromatic N) is 1. The summed E-state index contributed by atoms with van der Waals surface area (Å²) in [5.74, 6) is -0.722. The van der Waals surface area contributed by atoms with E-state index in [1.807, 2.05) is 0 Å². The molecule has 0 aliphatic heterocycles. The number of ether oxygens (including phenoxy) is 1. The van der Waals surface area contributed by atoms with Gasteiger partial charge in [-0.1, -0.05) is 0 Å². The minimum absolute atomic E-state index is 0.0275. The molecule has 0 heterocycles. The van der Waals surface area contributed by atoms with Crippen LogP contribution in [0.15, 0.2) is 17.0 Å². The lowest BCUT2D eigenvalue weighted by Crippen LogP contribution is -2.09. The molecule has 0 amide bonds. The Kier molecular flexibility index (Phi) is 5.49. The second-order valence-electron chi connectivity index (χ2n) is 3.18. The van der Waals surface area contributed by atoms with Crippen LogP contribution >= 0.6 is 34.4 Å². The highest BCUT2D eigenvalue weighted by molar-refractivity contribution is 14.1. The number of alkyl halides is 3. The molecule has 0 radical (unpaired) electrons. The van der Waals surface area contributed by atoms with E-state index in [4.69, 9.17) is 10.00 Å². The van der Waals surface area contributed by atoms with Gasteiger partial charge in [-0.2, -0.15) is 18.4 Å². The smallest absolute Gasteiger partial charge is 0.446 e. The lowest BCUT2D eigenvalue weighted by molar-refractivity contribution is -0.0328. The van der Waals surface area contributed by atoms with E-state index in [-0.39, 0.29) is 38.0 Å². The van der Waals surface area contributed by atoms with Gasteiger partial charge in [-0.3, -0.25) is 0 Å². The molecule has 0 saturated carbocycles. The number of carbonyl (C=O) groups excluding carboxylic acids is 1. The van der Waals surface area contributed by atoms with E-state index in [0.29, 0.717) is 0 Å². The summed E-state index contributed by atoms with van der Waals surface area (Å²) >= 11 is 1.30. The standard InChI is InChI=1S/C11H7F3INO2S/c1-2-18-10(17)6-3-4-8(19-11(12,13)14)9(15)7(6)5-16/h3-4H,2H2,1H3. The predicted molar refractivity (Wildman–Crippen MR) is 71.7 cm³/mol. The fraction of sp³-hybridized carbons (Fsp3) is 0.273. The number of hydrogen-bond donors (Lipinski definition) is 0. The minimum Gasteiger partial charge on any atom is -0.462 e. The number of hydrogen-bond acceptors (Lipinski definition) is 4. The van der Waals surface area contributed by atoms with E-state index in [9.17, 15) is 18.0 Å². The molecule has 1 aromatic rings. The van der Waals surface area contributed by atoms with Crippen molar-refractivity contribution >= 4 is 40.3 Å². The molecule has 0 bridgehead atoms. The number of halogens is 4. The van der Waals surface area contributed by atoms with Gasteiger partial charge in [0, 0.05) is 8.47 Å². The fourth-order valence-electron chi connectivity index (χ4n) is 1.25. The van der Waals surface area contributed by atoms with Crippen molar-refractivity contribution in [3.8, 4) is 6.07 Å². The summed E-state index contributed by atoms with van der Waals surface area (Å²) in [5.41, 5.74) is -4.58. The zero-order valence-electron chi connectivity index (χ0n) is 9.55. The summed E-state index contributed by atoms with van der Waals surface area (Å²) in [6.45, 7) is 1.72. The highest BCUT2D eigenvalue weighted by Gasteiger charge is 2.31. The van der Waals surface area contributed by atoms with Gasteiger partial charge >= 0.3 is 11.5 Å². The van der Waals surface area contributed by atoms with Gasteiger partial charge in [0.15, 0.2) is 0 Å². The lowest BCUT2D eigenvalue weighted by atomic mass is 10.1. The SMILES string of the molecule is CCOC(=O)c1ccc(SC(F)(F)F)c(I)c1C#N. The lowest BCUT2D eigenvalue weighted by Gasteiger charge is -2.11. The molecule has 0 N–H and O–H groups in total. The highest BCUT2D eigenvalue weighted by Crippen LogP contribution is 2.40. The van der Waals surface area contributed by atoms with E-state index in [1.165, 1.54) is 6.07 Å². The molecule has 1 rings (SSSR count). The maximum Gasteiger partial charge on any atom is 0.446 e. The number of thioether (sulfide) groups is 1. The van der Waals surface area contributed by atoms with Gasteiger partial charge in [0.2, 0.25) is 0 Å². The second kappa shape index (κ2) is 6.47. The van der Waals surface area contributed by atoms with Gasteiger partial charge in [-0.15, -0.1) is 0 Å². The summed E-state index contributed by atoms with van der Waals surface area (Å²) in [6, 6.07) is 4.07. The van der Waals surface area contributed by atoms with E-state index in [0.717, 1.165) is 6.07 Å². The maximum absolute atomic E-state index is 12.3. The van der Waals surface area contributed by atoms with Crippen LogP contribution in [0.5, 0.6) is 0 Å². The molecule has 0 spiro atoms. The highest BCUT2D eigenvalue weighted by atomic mass is 127. The first-order chi connectivity index (χ1) is 8.80. The zero-order chi connectivity index (χ0) is 14.6. The molecule has 0 aromatic heterocycles. The molecule has 19 heavy (non-hydrogen) atoms. The zero-order valence-corrected chi connectivity index (χ0v) is 12.5. The van der Waals surface area contributed by atoms with Gasteiger partial charge in [0.1, 0.15) is 6.07 Å². The Morgan fingerprint density at radius 2 is 2.16 bits per heavy atom. The van der Waals surface area contributed by atoms with Gasteiger partial charge in [0.25, 0.3) is 0 Å². The van der Waals surface area contributed by atoms with Crippen molar-refractivity contribution in [2.24, 2.45) is 0 Å². The normalized spacial score (nSPS) is 10.9. The van der Waals surface area contributed by atoms with Crippen LogP contribution in [0.3, 0.4) is 0 Å². The topological polar surface area (TPSA) is 50.1 Å². The molecule has 102 valence electrons. The Bertz CT molecular complexity index is 540. The molecule has 0 saturated heterocycles. The Labute approximate surface area is 125 Å². The van der Waals surface area contributed by atoms with Gasteiger partial charge < -0.3 is 4.74 Å². The Morgan fingerprint density at radius 3 is 2.63 bits per heavy atom. The molecule has 0 atom stereocenters. The molecule has 0 unspecified atom stereocenters. The minimum atomic E-state index is -4.45. The van der Waals surface area contributed by atoms with Crippen LogP contribution in [0, 0.1) is 14.9 Å². The first kappa shape index (κ1) is 16.1. The monoisotopic (exact) mass is 401 g/mol. The number of benzene rings is 1. The Morgan fingerprint density at radius 1 is 1.53 bits per heavy atom. The average Bonchev–Trinajstić information content (AvgIpc) is 2.30. The van der Waals surface area contributed by atoms with Crippen molar-refractivity contribution in [3.05, 3.63) is 26.8 Å². The van der Waals surface area contributed by atoms with Crippen LogP contribution < -0.4 is 0 Å². The number of nitriles is 1. The van der Waals surface area contributed by atoms with Gasteiger partial charge in [-0.05, 0) is 53.4 Å². The summed E-state index contributed by atoms with van der Waals surface area (Å²) < 4.78 is 41.8. The van der Waals surface area contributed by atoms with E-state index in [1.54, 1.807) is 35.6 Å². The maximum atomic E-state index is 12.3. The first-order valence-electron chi connectivity index (χ1n) is 4.95. The summed E-state index contributed by atoms with van der Waals surface area (Å²) in [6.07, 6.45) is 0. The van der Waals surface area contributed by atoms with Crippen molar-refractivity contribution < 1.29 is 22.7 Å². The Balaban J connectivity index is 3.24. The summed E-state index contributed by atoms with van der Waals surface area (Å²) in [7, 11) is 0. The van der Waals surface area contributed by atoms with Crippen molar-refractivity contribution in [2.75, 3.05) is 6.61 Å². The fourth-order valence-corrected chi connectivity index (χ4v) is 2.75. The second-order valence-corrected chi connectivity index (χ2v) is 5.37. The van der Waals surface area contributed by atoms with Crippen molar-refractivity contribution in [1.29, 1.82) is 5.26 Å². The summed E-state index contributed by atoms with van der Waals surface area (Å²) in [5, 5.41) is 8.99. The third-order valence-electron chi connectivity index (χ3n) is 1.94. The third-order valence-corrected chi connectivity index (χ3v) is 4.22. The van der Waals surface area contributed by atoms with E-state index < -0.39 is 11.5 Å². The number of carbonyl (C=O) groups is 1. The van der Waals surface area contributed by atoms with Crippen LogP contribution in [0.25, 0.3) is 0 Å². The molecule has 0 aliphatic carbocycles. The van der Waals surface area contributed by atoms with Crippen molar-refractivity contribution in [3.63, 3.8) is 0 Å². The van der Waals surface area contributed by atoms with Crippen LogP contribution in [-0.2, 0) is 4.74 Å². The van der Waals surface area contributed by atoms with Gasteiger partial charge in [0.05, 0.1) is 17.7 Å². The predicted octanol–water partition coefficient (Wildman–Crippen LogP) is 3.95. The van der Waals surface area contributed by atoms with Gasteiger partial charge in [-0.25, -0.2) is 4.79 Å². The Hall–Kier alpha value is -0.950. The molecule has 0 fully saturated rings. The number of esters is 1. The van der Waals surface area contributed by atoms with E-state index >= 15 is 0 Å². The van der Waals surface area contributed by atoms with Crippen LogP contribution in [0.4, 0.5) is 13.2 Å². The molecule has 0 aliphatic rings. The molecule has 8 heteroatoms. The first-order valence-corrected chi connectivity index (χ1v) is 6.85. The van der Waals surface area contributed by atoms with Crippen LogP contribution in [0.1, 0.15) is 22.8 Å². The molecule has 1 aromatic carbocycles.